The van der Waals surface area contributed by atoms with E-state index >= 15 is 0 Å². The topological polar surface area (TPSA) is 25.8 Å². The molecule has 2 heteroatoms. The molecule has 0 bridgehead atoms. The number of hydrogen-bond donors (Lipinski definition) is 0. The summed E-state index contributed by atoms with van der Waals surface area (Å²) in [6.07, 6.45) is 0. The Balaban J connectivity index is 1.14. The fourth-order valence-corrected chi connectivity index (χ4v) is 9.06. The molecule has 0 amide bonds. The van der Waals surface area contributed by atoms with Crippen LogP contribution < -0.4 is 0 Å². The van der Waals surface area contributed by atoms with Crippen molar-refractivity contribution < 1.29 is 0 Å². The average Bonchev–Trinajstić information content (AvgIpc) is 3.56. The number of benzene rings is 9. The lowest BCUT2D eigenvalue weighted by Crippen LogP contribution is -2.28. The largest absolute Gasteiger partial charge is 0.228 e. The van der Waals surface area contributed by atoms with Crippen molar-refractivity contribution in [1.29, 1.82) is 0 Å². The molecular weight excluding hydrogens is 665 g/mol. The van der Waals surface area contributed by atoms with Gasteiger partial charge in [0, 0.05) is 16.7 Å². The van der Waals surface area contributed by atoms with Crippen LogP contribution in [-0.2, 0) is 5.41 Å². The van der Waals surface area contributed by atoms with E-state index in [1.807, 2.05) is 6.07 Å². The number of rotatable bonds is 5. The molecule has 0 radical (unpaired) electrons. The molecule has 256 valence electrons. The molecule has 0 fully saturated rings. The summed E-state index contributed by atoms with van der Waals surface area (Å²) < 4.78 is 0. The highest BCUT2D eigenvalue weighted by Gasteiger charge is 2.46. The third kappa shape index (κ3) is 4.89. The highest BCUT2D eigenvalue weighted by molar-refractivity contribution is 6.15. The fraction of sp³-hybridized carbons (Fsp3) is 0.0189. The summed E-state index contributed by atoms with van der Waals surface area (Å²) in [5.74, 6) is 0.709. The Labute approximate surface area is 320 Å². The molecule has 11 rings (SSSR count). The van der Waals surface area contributed by atoms with Gasteiger partial charge in [0.05, 0.1) is 16.8 Å². The molecule has 1 aliphatic carbocycles. The summed E-state index contributed by atoms with van der Waals surface area (Å²) >= 11 is 0. The number of hydrogen-bond acceptors (Lipinski definition) is 2. The van der Waals surface area contributed by atoms with Gasteiger partial charge < -0.3 is 0 Å². The van der Waals surface area contributed by atoms with Crippen molar-refractivity contribution in [3.63, 3.8) is 0 Å². The third-order valence-corrected chi connectivity index (χ3v) is 11.5. The molecule has 9 aromatic carbocycles. The maximum absolute atomic E-state index is 5.29. The summed E-state index contributed by atoms with van der Waals surface area (Å²) in [4.78, 5) is 10.6. The standard InChI is InChI=1S/C53H34N2/c1-4-15-35(16-5-1)52-54-50(34-51(55-52)45-25-14-24-42-43(45)29-27-38-31-36-17-10-11-18-37(36)32-46(38)42)39-28-30-49-47(33-39)44-23-12-13-26-48(44)53(49,40-19-6-2-7-20-40)41-21-8-3-9-22-41/h1-34H. The van der Waals surface area contributed by atoms with Crippen molar-refractivity contribution in [1.82, 2.24) is 9.97 Å². The molecule has 55 heavy (non-hydrogen) atoms. The van der Waals surface area contributed by atoms with Crippen LogP contribution in [0.15, 0.2) is 206 Å². The van der Waals surface area contributed by atoms with Crippen LogP contribution >= 0.6 is 0 Å². The lowest BCUT2D eigenvalue weighted by atomic mass is 9.67. The summed E-state index contributed by atoms with van der Waals surface area (Å²) in [7, 11) is 0. The molecule has 10 aromatic rings. The van der Waals surface area contributed by atoms with E-state index in [0.717, 1.165) is 28.1 Å². The number of nitrogens with zero attached hydrogens (tertiary/aromatic N) is 2. The van der Waals surface area contributed by atoms with Gasteiger partial charge in [-0.3, -0.25) is 0 Å². The maximum atomic E-state index is 5.29. The van der Waals surface area contributed by atoms with Crippen LogP contribution in [0.5, 0.6) is 0 Å². The van der Waals surface area contributed by atoms with Crippen molar-refractivity contribution >= 4 is 32.3 Å². The van der Waals surface area contributed by atoms with Gasteiger partial charge in [0.25, 0.3) is 0 Å². The van der Waals surface area contributed by atoms with Crippen LogP contribution in [0.2, 0.25) is 0 Å². The summed E-state index contributed by atoms with van der Waals surface area (Å²) in [6.45, 7) is 0. The zero-order valence-electron chi connectivity index (χ0n) is 30.0. The molecule has 0 spiro atoms. The Kier molecular flexibility index (Phi) is 7.11. The normalized spacial score (nSPS) is 12.9. The van der Waals surface area contributed by atoms with E-state index < -0.39 is 5.41 Å². The lowest BCUT2D eigenvalue weighted by Gasteiger charge is -2.33. The number of fused-ring (bicyclic) bond motifs is 7. The Morgan fingerprint density at radius 3 is 1.69 bits per heavy atom. The minimum absolute atomic E-state index is 0.448. The van der Waals surface area contributed by atoms with Gasteiger partial charge in [0.2, 0.25) is 0 Å². The third-order valence-electron chi connectivity index (χ3n) is 11.5. The smallest absolute Gasteiger partial charge is 0.160 e. The lowest BCUT2D eigenvalue weighted by molar-refractivity contribution is 0.768. The van der Waals surface area contributed by atoms with Gasteiger partial charge >= 0.3 is 0 Å². The SMILES string of the molecule is c1ccc(-c2nc(-c3ccc4c(c3)-c3ccccc3C4(c3ccccc3)c3ccccc3)cc(-c3cccc4c3ccc3cc5ccccc5cc34)n2)cc1. The quantitative estimate of drug-likeness (QED) is 0.132. The first kappa shape index (κ1) is 31.4. The summed E-state index contributed by atoms with van der Waals surface area (Å²) in [5.41, 5.74) is 12.0. The van der Waals surface area contributed by atoms with Gasteiger partial charge in [-0.05, 0) is 90.0 Å². The van der Waals surface area contributed by atoms with Gasteiger partial charge in [-0.15, -0.1) is 0 Å². The zero-order chi connectivity index (χ0) is 36.3. The minimum Gasteiger partial charge on any atom is -0.228 e. The van der Waals surface area contributed by atoms with Gasteiger partial charge in [-0.1, -0.05) is 182 Å². The maximum Gasteiger partial charge on any atom is 0.160 e. The van der Waals surface area contributed by atoms with Gasteiger partial charge in [0.1, 0.15) is 0 Å². The molecule has 0 atom stereocenters. The van der Waals surface area contributed by atoms with Gasteiger partial charge in [-0.2, -0.15) is 0 Å². The van der Waals surface area contributed by atoms with Crippen molar-refractivity contribution in [3.05, 3.63) is 229 Å². The second kappa shape index (κ2) is 12.5. The van der Waals surface area contributed by atoms with E-state index in [-0.39, 0.29) is 0 Å². The van der Waals surface area contributed by atoms with E-state index in [1.165, 1.54) is 65.7 Å². The Bertz CT molecular complexity index is 3040. The van der Waals surface area contributed by atoms with E-state index in [9.17, 15) is 0 Å². The average molecular weight is 699 g/mol. The molecule has 0 N–H and O–H groups in total. The van der Waals surface area contributed by atoms with Crippen LogP contribution in [0.4, 0.5) is 0 Å². The zero-order valence-corrected chi connectivity index (χ0v) is 30.0. The first-order valence-electron chi connectivity index (χ1n) is 18.9. The van der Waals surface area contributed by atoms with E-state index in [4.69, 9.17) is 9.97 Å². The van der Waals surface area contributed by atoms with E-state index in [0.29, 0.717) is 5.82 Å². The second-order valence-corrected chi connectivity index (χ2v) is 14.5. The molecule has 1 aromatic heterocycles. The van der Waals surface area contributed by atoms with E-state index in [2.05, 4.69) is 200 Å². The van der Waals surface area contributed by atoms with Crippen molar-refractivity contribution in [2.45, 2.75) is 5.41 Å². The minimum atomic E-state index is -0.448. The molecule has 0 aliphatic heterocycles. The van der Waals surface area contributed by atoms with Crippen LogP contribution in [-0.4, -0.2) is 9.97 Å². The molecule has 1 heterocycles. The van der Waals surface area contributed by atoms with Gasteiger partial charge in [0.15, 0.2) is 5.82 Å². The first-order valence-corrected chi connectivity index (χ1v) is 18.9. The predicted molar refractivity (Wildman–Crippen MR) is 228 cm³/mol. The summed E-state index contributed by atoms with van der Waals surface area (Å²) in [5, 5.41) is 7.36. The number of aromatic nitrogens is 2. The van der Waals surface area contributed by atoms with Crippen molar-refractivity contribution in [3.8, 4) is 45.0 Å². The van der Waals surface area contributed by atoms with Crippen LogP contribution in [0, 0.1) is 0 Å². The Morgan fingerprint density at radius 1 is 0.309 bits per heavy atom. The van der Waals surface area contributed by atoms with Crippen LogP contribution in [0.3, 0.4) is 0 Å². The predicted octanol–water partition coefficient (Wildman–Crippen LogP) is 13.3. The van der Waals surface area contributed by atoms with Gasteiger partial charge in [-0.25, -0.2) is 9.97 Å². The van der Waals surface area contributed by atoms with Crippen LogP contribution in [0.25, 0.3) is 77.3 Å². The Hall–Kier alpha value is -7.16. The molecule has 0 saturated heterocycles. The highest BCUT2D eigenvalue weighted by Crippen LogP contribution is 2.56. The highest BCUT2D eigenvalue weighted by atomic mass is 14.9. The molecule has 2 nitrogen and oxygen atoms in total. The monoisotopic (exact) mass is 698 g/mol. The molecule has 0 unspecified atom stereocenters. The first-order chi connectivity index (χ1) is 27.3. The fourth-order valence-electron chi connectivity index (χ4n) is 9.06. The second-order valence-electron chi connectivity index (χ2n) is 14.5. The summed E-state index contributed by atoms with van der Waals surface area (Å²) in [6, 6.07) is 74.6. The Morgan fingerprint density at radius 2 is 0.927 bits per heavy atom. The van der Waals surface area contributed by atoms with Crippen molar-refractivity contribution in [2.24, 2.45) is 0 Å². The molecular formula is C53H34N2. The van der Waals surface area contributed by atoms with Crippen molar-refractivity contribution in [2.75, 3.05) is 0 Å². The van der Waals surface area contributed by atoms with E-state index in [1.54, 1.807) is 0 Å². The molecule has 0 saturated carbocycles. The van der Waals surface area contributed by atoms with Crippen LogP contribution in [0.1, 0.15) is 22.3 Å². The molecule has 1 aliphatic rings.